The van der Waals surface area contributed by atoms with Gasteiger partial charge in [0.05, 0.1) is 0 Å². The molecule has 1 aliphatic rings. The predicted molar refractivity (Wildman–Crippen MR) is 61.3 cm³/mol. The van der Waals surface area contributed by atoms with E-state index in [4.69, 9.17) is 5.73 Å². The van der Waals surface area contributed by atoms with Crippen molar-refractivity contribution in [2.24, 2.45) is 5.73 Å². The van der Waals surface area contributed by atoms with Crippen LogP contribution in [0.4, 0.5) is 0 Å². The Hall–Kier alpha value is -0.860. The van der Waals surface area contributed by atoms with Crippen molar-refractivity contribution in [2.75, 3.05) is 20.1 Å². The summed E-state index contributed by atoms with van der Waals surface area (Å²) in [6, 6.07) is 10.7. The van der Waals surface area contributed by atoms with Crippen LogP contribution in [0, 0.1) is 6.92 Å². The fraction of sp³-hybridized carbons (Fsp3) is 0.500. The van der Waals surface area contributed by atoms with E-state index in [1.165, 1.54) is 18.5 Å². The fourth-order valence-electron chi connectivity index (χ4n) is 1.50. The van der Waals surface area contributed by atoms with E-state index < -0.39 is 0 Å². The Labute approximate surface area is 86.7 Å². The third kappa shape index (κ3) is 4.40. The van der Waals surface area contributed by atoms with Gasteiger partial charge in [0.1, 0.15) is 0 Å². The van der Waals surface area contributed by atoms with Crippen LogP contribution in [0.1, 0.15) is 12.0 Å². The molecule has 0 aromatic heterocycles. The molecule has 2 heteroatoms. The van der Waals surface area contributed by atoms with E-state index in [2.05, 4.69) is 31.0 Å². The second-order valence-electron chi connectivity index (χ2n) is 3.97. The average Bonchev–Trinajstić information content (AvgIpc) is 2.52. The molecule has 1 aromatic rings. The summed E-state index contributed by atoms with van der Waals surface area (Å²) in [6.07, 6.45) is 1.18. The van der Waals surface area contributed by atoms with E-state index in [0.29, 0.717) is 6.04 Å². The van der Waals surface area contributed by atoms with E-state index in [-0.39, 0.29) is 0 Å². The number of nitrogens with zero attached hydrogens (tertiary/aromatic N) is 1. The first-order chi connectivity index (χ1) is 6.68. The minimum atomic E-state index is 0.449. The van der Waals surface area contributed by atoms with Crippen LogP contribution in [0.25, 0.3) is 0 Å². The van der Waals surface area contributed by atoms with Crippen molar-refractivity contribution in [3.8, 4) is 0 Å². The molecule has 2 N–H and O–H groups in total. The summed E-state index contributed by atoms with van der Waals surface area (Å²) >= 11 is 0. The molecule has 1 unspecified atom stereocenters. The summed E-state index contributed by atoms with van der Waals surface area (Å²) < 4.78 is 0. The molecule has 1 aromatic carbocycles. The van der Waals surface area contributed by atoms with Crippen LogP contribution in [0.2, 0.25) is 0 Å². The number of aryl methyl sites for hydroxylation is 1. The van der Waals surface area contributed by atoms with Gasteiger partial charge in [-0.25, -0.2) is 0 Å². The maximum Gasteiger partial charge on any atom is 0.0179 e. The highest BCUT2D eigenvalue weighted by atomic mass is 15.1. The van der Waals surface area contributed by atoms with Gasteiger partial charge in [-0.2, -0.15) is 0 Å². The minimum Gasteiger partial charge on any atom is -0.326 e. The van der Waals surface area contributed by atoms with E-state index >= 15 is 0 Å². The first-order valence-corrected chi connectivity index (χ1v) is 5.14. The van der Waals surface area contributed by atoms with Gasteiger partial charge in [0.25, 0.3) is 0 Å². The summed E-state index contributed by atoms with van der Waals surface area (Å²) in [5.41, 5.74) is 6.91. The molecule has 0 spiro atoms. The van der Waals surface area contributed by atoms with Crippen molar-refractivity contribution in [3.63, 3.8) is 0 Å². The van der Waals surface area contributed by atoms with Crippen molar-refractivity contribution in [3.05, 3.63) is 35.9 Å². The van der Waals surface area contributed by atoms with E-state index in [9.17, 15) is 0 Å². The third-order valence-corrected chi connectivity index (χ3v) is 2.37. The molecule has 0 aliphatic carbocycles. The maximum absolute atomic E-state index is 5.58. The Morgan fingerprint density at radius 3 is 2.14 bits per heavy atom. The number of nitrogens with two attached hydrogens (primary N) is 1. The largest absolute Gasteiger partial charge is 0.326 e. The fourth-order valence-corrected chi connectivity index (χ4v) is 1.50. The summed E-state index contributed by atoms with van der Waals surface area (Å²) in [6.45, 7) is 4.35. The van der Waals surface area contributed by atoms with Crippen LogP contribution < -0.4 is 5.73 Å². The van der Waals surface area contributed by atoms with Gasteiger partial charge in [0, 0.05) is 12.6 Å². The van der Waals surface area contributed by atoms with Crippen molar-refractivity contribution >= 4 is 0 Å². The molecule has 14 heavy (non-hydrogen) atoms. The lowest BCUT2D eigenvalue weighted by atomic mass is 10.2. The number of likely N-dealkylation sites (tertiary alicyclic amines) is 1. The van der Waals surface area contributed by atoms with Crippen LogP contribution in [0.5, 0.6) is 0 Å². The molecule has 0 amide bonds. The van der Waals surface area contributed by atoms with Gasteiger partial charge < -0.3 is 10.6 Å². The number of likely N-dealkylation sites (N-methyl/N-ethyl adjacent to an activating group) is 1. The van der Waals surface area contributed by atoms with Gasteiger partial charge in [0.2, 0.25) is 0 Å². The smallest absolute Gasteiger partial charge is 0.0179 e. The zero-order chi connectivity index (χ0) is 10.4. The van der Waals surface area contributed by atoms with Gasteiger partial charge in [-0.3, -0.25) is 0 Å². The Morgan fingerprint density at radius 2 is 1.93 bits per heavy atom. The quantitative estimate of drug-likeness (QED) is 0.677. The lowest BCUT2D eigenvalue weighted by molar-refractivity contribution is 0.411. The highest BCUT2D eigenvalue weighted by molar-refractivity contribution is 5.11. The monoisotopic (exact) mass is 192 g/mol. The first-order valence-electron chi connectivity index (χ1n) is 5.14. The van der Waals surface area contributed by atoms with Crippen LogP contribution >= 0.6 is 0 Å². The summed E-state index contributed by atoms with van der Waals surface area (Å²) in [4.78, 5) is 2.25. The van der Waals surface area contributed by atoms with Gasteiger partial charge in [-0.15, -0.1) is 0 Å². The van der Waals surface area contributed by atoms with Crippen molar-refractivity contribution in [1.29, 1.82) is 0 Å². The first kappa shape index (κ1) is 11.2. The van der Waals surface area contributed by atoms with Crippen LogP contribution in [0.15, 0.2) is 30.3 Å². The number of hydrogen-bond acceptors (Lipinski definition) is 2. The van der Waals surface area contributed by atoms with Gasteiger partial charge >= 0.3 is 0 Å². The third-order valence-electron chi connectivity index (χ3n) is 2.37. The number of rotatable bonds is 0. The molecule has 1 atom stereocenters. The zero-order valence-electron chi connectivity index (χ0n) is 9.11. The lowest BCUT2D eigenvalue weighted by Gasteiger charge is -2.03. The van der Waals surface area contributed by atoms with Crippen LogP contribution in [-0.2, 0) is 0 Å². The second-order valence-corrected chi connectivity index (χ2v) is 3.97. The lowest BCUT2D eigenvalue weighted by Crippen LogP contribution is -2.23. The molecule has 1 heterocycles. The highest BCUT2D eigenvalue weighted by Gasteiger charge is 2.13. The molecule has 1 fully saturated rings. The highest BCUT2D eigenvalue weighted by Crippen LogP contribution is 2.01. The minimum absolute atomic E-state index is 0.449. The topological polar surface area (TPSA) is 29.3 Å². The normalized spacial score (nSPS) is 21.5. The Kier molecular flexibility index (Phi) is 4.63. The average molecular weight is 192 g/mol. The maximum atomic E-state index is 5.58. The standard InChI is InChI=1S/C7H8.C5H12N2/c1-7-5-3-2-4-6-7;1-7-3-2-5(6)4-7/h2-6H,1H3;5H,2-4,6H2,1H3. The second kappa shape index (κ2) is 5.78. The van der Waals surface area contributed by atoms with Gasteiger partial charge in [-0.05, 0) is 26.9 Å². The molecule has 2 nitrogen and oxygen atoms in total. The zero-order valence-corrected chi connectivity index (χ0v) is 9.11. The Morgan fingerprint density at radius 1 is 1.29 bits per heavy atom. The van der Waals surface area contributed by atoms with Crippen molar-refractivity contribution in [2.45, 2.75) is 19.4 Å². The Bertz CT molecular complexity index is 238. The molecule has 0 saturated carbocycles. The SMILES string of the molecule is CN1CCC(N)C1.Cc1ccccc1. The summed E-state index contributed by atoms with van der Waals surface area (Å²) in [7, 11) is 2.10. The van der Waals surface area contributed by atoms with Gasteiger partial charge in [-0.1, -0.05) is 35.9 Å². The van der Waals surface area contributed by atoms with Crippen LogP contribution in [-0.4, -0.2) is 31.1 Å². The van der Waals surface area contributed by atoms with E-state index in [0.717, 1.165) is 6.54 Å². The number of hydrogen-bond donors (Lipinski definition) is 1. The molecule has 2 rings (SSSR count). The molecular formula is C12H20N2. The molecule has 0 radical (unpaired) electrons. The molecule has 0 bridgehead atoms. The summed E-state index contributed by atoms with van der Waals surface area (Å²) in [5.74, 6) is 0. The summed E-state index contributed by atoms with van der Waals surface area (Å²) in [5, 5.41) is 0. The van der Waals surface area contributed by atoms with Gasteiger partial charge in [0.15, 0.2) is 0 Å². The van der Waals surface area contributed by atoms with E-state index in [1.54, 1.807) is 0 Å². The van der Waals surface area contributed by atoms with E-state index in [1.807, 2.05) is 18.2 Å². The number of benzene rings is 1. The molecule has 78 valence electrons. The van der Waals surface area contributed by atoms with Crippen molar-refractivity contribution in [1.82, 2.24) is 4.90 Å². The Balaban J connectivity index is 0.000000140. The van der Waals surface area contributed by atoms with Crippen LogP contribution in [0.3, 0.4) is 0 Å². The molecular weight excluding hydrogens is 172 g/mol. The predicted octanol–water partition coefficient (Wildman–Crippen LogP) is 1.64. The molecule has 1 saturated heterocycles. The molecule has 1 aliphatic heterocycles. The van der Waals surface area contributed by atoms with Crippen molar-refractivity contribution < 1.29 is 0 Å².